The van der Waals surface area contributed by atoms with Crippen LogP contribution in [0.2, 0.25) is 0 Å². The lowest BCUT2D eigenvalue weighted by Gasteiger charge is -2.43. The molecule has 2 rings (SSSR count). The van der Waals surface area contributed by atoms with Gasteiger partial charge in [0, 0.05) is 18.6 Å². The van der Waals surface area contributed by atoms with Crippen LogP contribution in [0.4, 0.5) is 0 Å². The summed E-state index contributed by atoms with van der Waals surface area (Å²) >= 11 is 0. The molecule has 0 amide bonds. The van der Waals surface area contributed by atoms with Crippen LogP contribution in [0, 0.1) is 6.92 Å². The summed E-state index contributed by atoms with van der Waals surface area (Å²) in [6.45, 7) is 7.78. The van der Waals surface area contributed by atoms with Gasteiger partial charge in [0.25, 0.3) is 0 Å². The molecule has 0 aromatic heterocycles. The molecule has 1 aliphatic heterocycles. The van der Waals surface area contributed by atoms with Gasteiger partial charge in [-0.15, -0.1) is 0 Å². The maximum Gasteiger partial charge on any atom is 0.0746 e. The fourth-order valence-corrected chi connectivity index (χ4v) is 3.11. The minimum atomic E-state index is -0.587. The van der Waals surface area contributed by atoms with Crippen LogP contribution < -0.4 is 5.73 Å². The number of nitrogens with zero attached hydrogens (tertiary/aromatic N) is 1. The molecule has 1 heterocycles. The quantitative estimate of drug-likeness (QED) is 0.878. The molecule has 1 aromatic carbocycles. The molecule has 0 radical (unpaired) electrons. The molecule has 1 saturated heterocycles. The van der Waals surface area contributed by atoms with Crippen molar-refractivity contribution in [1.29, 1.82) is 0 Å². The van der Waals surface area contributed by atoms with Crippen LogP contribution in [0.3, 0.4) is 0 Å². The lowest BCUT2D eigenvalue weighted by atomic mass is 9.90. The van der Waals surface area contributed by atoms with Crippen molar-refractivity contribution in [2.24, 2.45) is 5.73 Å². The van der Waals surface area contributed by atoms with E-state index in [2.05, 4.69) is 36.1 Å². The van der Waals surface area contributed by atoms with Crippen molar-refractivity contribution in [3.05, 3.63) is 35.4 Å². The van der Waals surface area contributed by atoms with Crippen LogP contribution in [-0.2, 0) is 0 Å². The van der Waals surface area contributed by atoms with Gasteiger partial charge in [0.15, 0.2) is 0 Å². The Morgan fingerprint density at radius 1 is 1.32 bits per heavy atom. The van der Waals surface area contributed by atoms with Crippen LogP contribution in [0.5, 0.6) is 0 Å². The summed E-state index contributed by atoms with van der Waals surface area (Å²) in [5.74, 6) is 0. The van der Waals surface area contributed by atoms with E-state index in [1.165, 1.54) is 11.1 Å². The Bertz CT molecular complexity index is 411. The van der Waals surface area contributed by atoms with Gasteiger partial charge < -0.3 is 10.8 Å². The maximum absolute atomic E-state index is 10.3. The zero-order valence-corrected chi connectivity index (χ0v) is 12.3. The molecule has 19 heavy (non-hydrogen) atoms. The molecule has 0 bridgehead atoms. The van der Waals surface area contributed by atoms with E-state index in [0.717, 1.165) is 19.4 Å². The molecule has 3 N–H and O–H groups in total. The fraction of sp³-hybridized carbons (Fsp3) is 0.625. The van der Waals surface area contributed by atoms with E-state index in [9.17, 15) is 5.11 Å². The SMILES string of the molecule is Cc1ccc(C(C(C)N)N2CCCC(C)(O)C2)cc1. The van der Waals surface area contributed by atoms with Crippen LogP contribution in [0.25, 0.3) is 0 Å². The zero-order chi connectivity index (χ0) is 14.0. The predicted molar refractivity (Wildman–Crippen MR) is 79.0 cm³/mol. The smallest absolute Gasteiger partial charge is 0.0746 e. The highest BCUT2D eigenvalue weighted by Crippen LogP contribution is 2.30. The zero-order valence-electron chi connectivity index (χ0n) is 12.3. The minimum absolute atomic E-state index is 0.0524. The molecule has 0 spiro atoms. The Hall–Kier alpha value is -0.900. The Morgan fingerprint density at radius 2 is 1.95 bits per heavy atom. The van der Waals surface area contributed by atoms with Gasteiger partial charge in [-0.1, -0.05) is 29.8 Å². The normalized spacial score (nSPS) is 28.1. The molecule has 1 aliphatic rings. The first kappa shape index (κ1) is 14.5. The van der Waals surface area contributed by atoms with E-state index in [0.29, 0.717) is 6.54 Å². The van der Waals surface area contributed by atoms with Crippen molar-refractivity contribution >= 4 is 0 Å². The van der Waals surface area contributed by atoms with E-state index in [-0.39, 0.29) is 12.1 Å². The first-order chi connectivity index (χ1) is 8.89. The number of benzene rings is 1. The van der Waals surface area contributed by atoms with Crippen LogP contribution in [0.15, 0.2) is 24.3 Å². The van der Waals surface area contributed by atoms with Gasteiger partial charge in [-0.3, -0.25) is 4.90 Å². The third-order valence-electron chi connectivity index (χ3n) is 4.01. The Kier molecular flexibility index (Phi) is 4.29. The number of β-amino-alcohol motifs (C(OH)–C–C–N with tert-alkyl or cyclic N) is 1. The number of likely N-dealkylation sites (tertiary alicyclic amines) is 1. The maximum atomic E-state index is 10.3. The number of hydrogen-bond donors (Lipinski definition) is 2. The van der Waals surface area contributed by atoms with E-state index >= 15 is 0 Å². The number of aryl methyl sites for hydroxylation is 1. The topological polar surface area (TPSA) is 49.5 Å². The Balaban J connectivity index is 2.22. The number of aliphatic hydroxyl groups is 1. The average molecular weight is 262 g/mol. The third kappa shape index (κ3) is 3.56. The van der Waals surface area contributed by atoms with Gasteiger partial charge in [0.05, 0.1) is 5.60 Å². The summed E-state index contributed by atoms with van der Waals surface area (Å²) in [6, 6.07) is 8.82. The number of rotatable bonds is 3. The number of hydrogen-bond acceptors (Lipinski definition) is 3. The first-order valence-electron chi connectivity index (χ1n) is 7.18. The predicted octanol–water partition coefficient (Wildman–Crippen LogP) is 2.23. The Morgan fingerprint density at radius 3 is 2.47 bits per heavy atom. The number of nitrogens with two attached hydrogens (primary N) is 1. The third-order valence-corrected chi connectivity index (χ3v) is 4.01. The Labute approximate surface area is 116 Å². The molecule has 1 aromatic rings. The summed E-state index contributed by atoms with van der Waals surface area (Å²) in [4.78, 5) is 2.33. The standard InChI is InChI=1S/C16H26N2O/c1-12-5-7-14(8-6-12)15(13(2)17)18-10-4-9-16(3,19)11-18/h5-8,13,15,19H,4,9-11,17H2,1-3H3. The lowest BCUT2D eigenvalue weighted by Crippen LogP contribution is -2.50. The monoisotopic (exact) mass is 262 g/mol. The summed E-state index contributed by atoms with van der Waals surface area (Å²) < 4.78 is 0. The van der Waals surface area contributed by atoms with Crippen LogP contribution in [0.1, 0.15) is 43.9 Å². The molecule has 106 valence electrons. The van der Waals surface area contributed by atoms with Crippen LogP contribution >= 0.6 is 0 Å². The van der Waals surface area contributed by atoms with Crippen molar-refractivity contribution in [2.45, 2.75) is 51.3 Å². The highest BCUT2D eigenvalue weighted by atomic mass is 16.3. The van der Waals surface area contributed by atoms with E-state index in [1.807, 2.05) is 13.8 Å². The fourth-order valence-electron chi connectivity index (χ4n) is 3.11. The first-order valence-corrected chi connectivity index (χ1v) is 7.18. The van der Waals surface area contributed by atoms with Crippen molar-refractivity contribution in [3.63, 3.8) is 0 Å². The molecule has 1 fully saturated rings. The average Bonchev–Trinajstić information content (AvgIpc) is 2.30. The molecule has 3 unspecified atom stereocenters. The summed E-state index contributed by atoms with van der Waals surface area (Å²) in [7, 11) is 0. The molecule has 0 aliphatic carbocycles. The number of piperidine rings is 1. The van der Waals surface area contributed by atoms with E-state index in [1.54, 1.807) is 0 Å². The lowest BCUT2D eigenvalue weighted by molar-refractivity contribution is -0.0333. The molecule has 0 saturated carbocycles. The molecule has 3 atom stereocenters. The van der Waals surface area contributed by atoms with Gasteiger partial charge in [-0.05, 0) is 45.7 Å². The van der Waals surface area contributed by atoms with E-state index < -0.39 is 5.60 Å². The van der Waals surface area contributed by atoms with Gasteiger partial charge in [0.1, 0.15) is 0 Å². The summed E-state index contributed by atoms with van der Waals surface area (Å²) in [5, 5.41) is 10.3. The van der Waals surface area contributed by atoms with Gasteiger partial charge >= 0.3 is 0 Å². The van der Waals surface area contributed by atoms with Gasteiger partial charge in [-0.2, -0.15) is 0 Å². The highest BCUT2D eigenvalue weighted by Gasteiger charge is 2.34. The second kappa shape index (κ2) is 5.61. The molecule has 3 nitrogen and oxygen atoms in total. The van der Waals surface area contributed by atoms with Gasteiger partial charge in [-0.25, -0.2) is 0 Å². The van der Waals surface area contributed by atoms with Gasteiger partial charge in [0.2, 0.25) is 0 Å². The van der Waals surface area contributed by atoms with Crippen LogP contribution in [-0.4, -0.2) is 34.7 Å². The minimum Gasteiger partial charge on any atom is -0.389 e. The van der Waals surface area contributed by atoms with E-state index in [4.69, 9.17) is 5.73 Å². The summed E-state index contributed by atoms with van der Waals surface area (Å²) in [6.07, 6.45) is 1.91. The van der Waals surface area contributed by atoms with Crippen molar-refractivity contribution < 1.29 is 5.11 Å². The second-order valence-electron chi connectivity index (χ2n) is 6.29. The second-order valence-corrected chi connectivity index (χ2v) is 6.29. The van der Waals surface area contributed by atoms with Crippen molar-refractivity contribution in [2.75, 3.05) is 13.1 Å². The highest BCUT2D eigenvalue weighted by molar-refractivity contribution is 5.25. The van der Waals surface area contributed by atoms with Crippen molar-refractivity contribution in [3.8, 4) is 0 Å². The molecular weight excluding hydrogens is 236 g/mol. The summed E-state index contributed by atoms with van der Waals surface area (Å²) in [5.41, 5.74) is 8.13. The molecular formula is C16H26N2O. The largest absolute Gasteiger partial charge is 0.389 e. The molecule has 3 heteroatoms. The van der Waals surface area contributed by atoms with Crippen molar-refractivity contribution in [1.82, 2.24) is 4.90 Å².